The van der Waals surface area contributed by atoms with Crippen LogP contribution < -0.4 is 0 Å². The number of nitriles is 1. The summed E-state index contributed by atoms with van der Waals surface area (Å²) in [5.41, 5.74) is 1.33. The maximum absolute atomic E-state index is 12.7. The van der Waals surface area contributed by atoms with Gasteiger partial charge in [-0.1, -0.05) is 47.6 Å². The van der Waals surface area contributed by atoms with Gasteiger partial charge in [0.1, 0.15) is 16.0 Å². The molecule has 2 aromatic rings. The molecule has 0 saturated heterocycles. The number of rotatable bonds is 3. The highest BCUT2D eigenvalue weighted by Crippen LogP contribution is 2.40. The number of phenols is 1. The minimum absolute atomic E-state index is 0.140. The van der Waals surface area contributed by atoms with Crippen LogP contribution in [-0.4, -0.2) is 13.5 Å². The standard InChI is InChI=1S/C21H25NO3S2/c1-20(2,3)16-11-14(12-17(19(16)23)21(4,5)6)10-15(13-22)27(24,25)18-8-7-9-26-18/h7-12,23H,1-6H3/b15-10+. The molecule has 0 aliphatic rings. The molecule has 1 aromatic heterocycles. The van der Waals surface area contributed by atoms with Crippen LogP contribution in [0.5, 0.6) is 5.75 Å². The third-order valence-electron chi connectivity index (χ3n) is 4.21. The third kappa shape index (κ3) is 4.42. The van der Waals surface area contributed by atoms with Crippen LogP contribution in [0.3, 0.4) is 0 Å². The highest BCUT2D eigenvalue weighted by molar-refractivity contribution is 7.97. The number of phenolic OH excluding ortho intramolecular Hbond substituents is 1. The average molecular weight is 404 g/mol. The van der Waals surface area contributed by atoms with Gasteiger partial charge in [0.2, 0.25) is 9.84 Å². The van der Waals surface area contributed by atoms with Gasteiger partial charge in [-0.2, -0.15) is 5.26 Å². The molecule has 0 aliphatic heterocycles. The number of thiophene rings is 1. The summed E-state index contributed by atoms with van der Waals surface area (Å²) in [5.74, 6) is 0.215. The Morgan fingerprint density at radius 1 is 1.11 bits per heavy atom. The van der Waals surface area contributed by atoms with Gasteiger partial charge >= 0.3 is 0 Å². The van der Waals surface area contributed by atoms with Gasteiger partial charge in [0.15, 0.2) is 4.91 Å². The Kier molecular flexibility index (Phi) is 5.61. The lowest BCUT2D eigenvalue weighted by Gasteiger charge is -2.28. The molecule has 0 aliphatic carbocycles. The van der Waals surface area contributed by atoms with E-state index in [4.69, 9.17) is 0 Å². The molecule has 4 nitrogen and oxygen atoms in total. The van der Waals surface area contributed by atoms with Crippen LogP contribution in [0.2, 0.25) is 0 Å². The lowest BCUT2D eigenvalue weighted by Crippen LogP contribution is -2.17. The minimum Gasteiger partial charge on any atom is -0.507 e. The first kappa shape index (κ1) is 21.2. The van der Waals surface area contributed by atoms with Crippen LogP contribution in [0.25, 0.3) is 6.08 Å². The second kappa shape index (κ2) is 7.14. The second-order valence-corrected chi connectivity index (χ2v) is 11.6. The zero-order valence-corrected chi connectivity index (χ0v) is 18.1. The van der Waals surface area contributed by atoms with Crippen molar-refractivity contribution in [2.75, 3.05) is 0 Å². The molecule has 27 heavy (non-hydrogen) atoms. The van der Waals surface area contributed by atoms with Gasteiger partial charge in [-0.25, -0.2) is 8.42 Å². The molecule has 1 N–H and O–H groups in total. The van der Waals surface area contributed by atoms with Gasteiger partial charge < -0.3 is 5.11 Å². The van der Waals surface area contributed by atoms with Gasteiger partial charge in [-0.05, 0) is 46.0 Å². The zero-order chi connectivity index (χ0) is 20.6. The summed E-state index contributed by atoms with van der Waals surface area (Å²) in [6, 6.07) is 8.47. The molecule has 2 rings (SSSR count). The Balaban J connectivity index is 2.75. The number of hydrogen-bond donors (Lipinski definition) is 1. The fraction of sp³-hybridized carbons (Fsp3) is 0.381. The van der Waals surface area contributed by atoms with E-state index in [1.165, 1.54) is 12.1 Å². The maximum Gasteiger partial charge on any atom is 0.226 e. The van der Waals surface area contributed by atoms with Crippen molar-refractivity contribution in [2.24, 2.45) is 0 Å². The molecule has 0 bridgehead atoms. The number of hydrogen-bond acceptors (Lipinski definition) is 5. The maximum atomic E-state index is 12.7. The largest absolute Gasteiger partial charge is 0.507 e. The van der Waals surface area contributed by atoms with Crippen LogP contribution in [-0.2, 0) is 20.7 Å². The smallest absolute Gasteiger partial charge is 0.226 e. The summed E-state index contributed by atoms with van der Waals surface area (Å²) in [6.45, 7) is 11.9. The van der Waals surface area contributed by atoms with E-state index in [1.54, 1.807) is 23.6 Å². The van der Waals surface area contributed by atoms with Gasteiger partial charge in [-0.3, -0.25) is 0 Å². The monoisotopic (exact) mass is 403 g/mol. The lowest BCUT2D eigenvalue weighted by atomic mass is 9.78. The highest BCUT2D eigenvalue weighted by atomic mass is 32.2. The van der Waals surface area contributed by atoms with E-state index >= 15 is 0 Å². The molecule has 0 amide bonds. The average Bonchev–Trinajstić information content (AvgIpc) is 3.06. The molecule has 0 unspecified atom stereocenters. The van der Waals surface area contributed by atoms with E-state index in [9.17, 15) is 18.8 Å². The van der Waals surface area contributed by atoms with Crippen LogP contribution in [0.15, 0.2) is 38.8 Å². The lowest BCUT2D eigenvalue weighted by molar-refractivity contribution is 0.423. The first-order valence-corrected chi connectivity index (χ1v) is 10.9. The molecule has 1 heterocycles. The van der Waals surface area contributed by atoms with Crippen molar-refractivity contribution in [1.29, 1.82) is 5.26 Å². The molecule has 6 heteroatoms. The second-order valence-electron chi connectivity index (χ2n) is 8.52. The topological polar surface area (TPSA) is 78.2 Å². The van der Waals surface area contributed by atoms with Gasteiger partial charge in [-0.15, -0.1) is 11.3 Å². The Hall–Kier alpha value is -2.10. The highest BCUT2D eigenvalue weighted by Gasteiger charge is 2.27. The molecule has 0 radical (unpaired) electrons. The molecule has 0 spiro atoms. The predicted molar refractivity (Wildman–Crippen MR) is 111 cm³/mol. The molecule has 0 saturated carbocycles. The first-order valence-electron chi connectivity index (χ1n) is 8.57. The Morgan fingerprint density at radius 2 is 1.63 bits per heavy atom. The fourth-order valence-electron chi connectivity index (χ4n) is 2.73. The number of sulfone groups is 1. The first-order chi connectivity index (χ1) is 12.3. The van der Waals surface area contributed by atoms with Gasteiger partial charge in [0.25, 0.3) is 0 Å². The van der Waals surface area contributed by atoms with E-state index in [0.29, 0.717) is 16.7 Å². The number of nitrogens with zero attached hydrogens (tertiary/aromatic N) is 1. The normalized spacial score (nSPS) is 13.4. The summed E-state index contributed by atoms with van der Waals surface area (Å²) in [6.07, 6.45) is 1.39. The minimum atomic E-state index is -3.86. The van der Waals surface area contributed by atoms with E-state index in [1.807, 2.05) is 47.6 Å². The summed E-state index contributed by atoms with van der Waals surface area (Å²) < 4.78 is 25.6. The zero-order valence-electron chi connectivity index (χ0n) is 16.5. The quantitative estimate of drug-likeness (QED) is 0.697. The van der Waals surface area contributed by atoms with E-state index in [0.717, 1.165) is 11.3 Å². The van der Waals surface area contributed by atoms with Crippen molar-refractivity contribution in [2.45, 2.75) is 56.6 Å². The molecule has 0 atom stereocenters. The van der Waals surface area contributed by atoms with Gasteiger partial charge in [0.05, 0.1) is 0 Å². The molecular formula is C21H25NO3S2. The van der Waals surface area contributed by atoms with Gasteiger partial charge in [0, 0.05) is 11.1 Å². The SMILES string of the molecule is CC(C)(C)c1cc(/C=C(\C#N)S(=O)(=O)c2cccs2)cc(C(C)(C)C)c1O. The summed E-state index contributed by atoms with van der Waals surface area (Å²) in [5, 5.41) is 21.9. The Bertz CT molecular complexity index is 976. The van der Waals surface area contributed by atoms with Crippen molar-refractivity contribution in [3.8, 4) is 11.8 Å². The summed E-state index contributed by atoms with van der Waals surface area (Å²) in [4.78, 5) is -0.310. The molecule has 144 valence electrons. The molecule has 0 fully saturated rings. The van der Waals surface area contributed by atoms with Crippen LogP contribution >= 0.6 is 11.3 Å². The van der Waals surface area contributed by atoms with Crippen molar-refractivity contribution in [1.82, 2.24) is 0 Å². The number of aromatic hydroxyl groups is 1. The number of benzene rings is 1. The van der Waals surface area contributed by atoms with Crippen LogP contribution in [0.4, 0.5) is 0 Å². The summed E-state index contributed by atoms with van der Waals surface area (Å²) >= 11 is 1.08. The van der Waals surface area contributed by atoms with E-state index in [2.05, 4.69) is 0 Å². The van der Waals surface area contributed by atoms with Crippen molar-refractivity contribution in [3.63, 3.8) is 0 Å². The van der Waals surface area contributed by atoms with Crippen molar-refractivity contribution < 1.29 is 13.5 Å². The Labute approximate surface area is 165 Å². The van der Waals surface area contributed by atoms with Crippen LogP contribution in [0.1, 0.15) is 58.2 Å². The van der Waals surface area contributed by atoms with Crippen LogP contribution in [0, 0.1) is 11.3 Å². The fourth-order valence-corrected chi connectivity index (χ4v) is 5.01. The van der Waals surface area contributed by atoms with E-state index < -0.39 is 9.84 Å². The summed E-state index contributed by atoms with van der Waals surface area (Å²) in [7, 11) is -3.86. The van der Waals surface area contributed by atoms with Crippen molar-refractivity contribution in [3.05, 3.63) is 51.2 Å². The van der Waals surface area contributed by atoms with Crippen molar-refractivity contribution >= 4 is 27.3 Å². The Morgan fingerprint density at radius 3 is 2.00 bits per heavy atom. The molecule has 1 aromatic carbocycles. The molecular weight excluding hydrogens is 378 g/mol. The number of allylic oxidation sites excluding steroid dienone is 1. The third-order valence-corrected chi connectivity index (χ3v) is 7.27. The predicted octanol–water partition coefficient (Wildman–Crippen LogP) is 5.39. The van der Waals surface area contributed by atoms with E-state index in [-0.39, 0.29) is 25.7 Å².